The Morgan fingerprint density at radius 2 is 2.38 bits per heavy atom. The Hall–Kier alpha value is -0.610. The van der Waals surface area contributed by atoms with Gasteiger partial charge in [-0.3, -0.25) is 9.69 Å². The lowest BCUT2D eigenvalue weighted by atomic mass is 9.94. The zero-order valence-corrected chi connectivity index (χ0v) is 10.5. The number of nitrogens with one attached hydrogen (secondary N) is 1. The Bertz CT molecular complexity index is 220. The summed E-state index contributed by atoms with van der Waals surface area (Å²) in [5, 5.41) is 2.75. The zero-order valence-electron chi connectivity index (χ0n) is 10.5. The molecule has 1 fully saturated rings. The predicted octanol–water partition coefficient (Wildman–Crippen LogP) is 0.572. The van der Waals surface area contributed by atoms with Crippen LogP contribution in [0.15, 0.2) is 0 Å². The van der Waals surface area contributed by atoms with E-state index in [0.717, 1.165) is 45.3 Å². The lowest BCUT2D eigenvalue weighted by Gasteiger charge is -2.37. The summed E-state index contributed by atoms with van der Waals surface area (Å²) in [4.78, 5) is 14.1. The third-order valence-electron chi connectivity index (χ3n) is 3.56. The molecule has 0 bridgehead atoms. The van der Waals surface area contributed by atoms with Gasteiger partial charge in [0.15, 0.2) is 0 Å². The molecule has 0 aliphatic carbocycles. The predicted molar refractivity (Wildman–Crippen MR) is 66.1 cm³/mol. The minimum atomic E-state index is 0.172. The van der Waals surface area contributed by atoms with Crippen LogP contribution in [-0.4, -0.2) is 43.5 Å². The van der Waals surface area contributed by atoms with Crippen molar-refractivity contribution in [2.75, 3.05) is 26.7 Å². The van der Waals surface area contributed by atoms with Crippen LogP contribution >= 0.6 is 0 Å². The van der Waals surface area contributed by atoms with Gasteiger partial charge in [0.25, 0.3) is 0 Å². The highest BCUT2D eigenvalue weighted by Gasteiger charge is 2.28. The third kappa shape index (κ3) is 3.46. The Morgan fingerprint density at radius 3 is 2.94 bits per heavy atom. The van der Waals surface area contributed by atoms with E-state index in [-0.39, 0.29) is 11.8 Å². The van der Waals surface area contributed by atoms with Crippen LogP contribution in [0.5, 0.6) is 0 Å². The van der Waals surface area contributed by atoms with Gasteiger partial charge in [-0.05, 0) is 38.8 Å². The summed E-state index contributed by atoms with van der Waals surface area (Å²) >= 11 is 0. The van der Waals surface area contributed by atoms with Crippen molar-refractivity contribution < 1.29 is 4.79 Å². The van der Waals surface area contributed by atoms with Crippen molar-refractivity contribution in [2.45, 2.75) is 38.6 Å². The first-order chi connectivity index (χ1) is 7.72. The number of nitrogens with zero attached hydrogens (tertiary/aromatic N) is 1. The summed E-state index contributed by atoms with van der Waals surface area (Å²) in [6.07, 6.45) is 4.31. The Balaban J connectivity index is 2.51. The molecule has 1 aliphatic heterocycles. The maximum absolute atomic E-state index is 11.6. The number of hydrogen-bond acceptors (Lipinski definition) is 3. The van der Waals surface area contributed by atoms with Gasteiger partial charge in [-0.15, -0.1) is 0 Å². The molecule has 0 spiro atoms. The van der Waals surface area contributed by atoms with Crippen molar-refractivity contribution >= 4 is 5.91 Å². The molecule has 4 nitrogen and oxygen atoms in total. The van der Waals surface area contributed by atoms with E-state index in [9.17, 15) is 4.79 Å². The minimum Gasteiger partial charge on any atom is -0.359 e. The number of carbonyl (C=O) groups is 1. The molecule has 1 heterocycles. The summed E-state index contributed by atoms with van der Waals surface area (Å²) < 4.78 is 0. The highest BCUT2D eigenvalue weighted by molar-refractivity contribution is 5.78. The molecule has 0 radical (unpaired) electrons. The first-order valence-electron chi connectivity index (χ1n) is 6.38. The lowest BCUT2D eigenvalue weighted by molar-refractivity contribution is -0.126. The van der Waals surface area contributed by atoms with Crippen molar-refractivity contribution in [3.05, 3.63) is 0 Å². The van der Waals surface area contributed by atoms with E-state index in [1.165, 1.54) is 0 Å². The molecule has 3 N–H and O–H groups in total. The van der Waals surface area contributed by atoms with Gasteiger partial charge in [-0.1, -0.05) is 6.92 Å². The van der Waals surface area contributed by atoms with Gasteiger partial charge >= 0.3 is 0 Å². The van der Waals surface area contributed by atoms with E-state index in [1.54, 1.807) is 7.05 Å². The van der Waals surface area contributed by atoms with Crippen LogP contribution in [0.1, 0.15) is 32.6 Å². The fourth-order valence-electron chi connectivity index (χ4n) is 2.59. The fraction of sp³-hybridized carbons (Fsp3) is 0.917. The number of nitrogens with two attached hydrogens (primary N) is 1. The molecule has 94 valence electrons. The number of carbonyl (C=O) groups excluding carboxylic acids is 1. The maximum Gasteiger partial charge on any atom is 0.224 e. The SMILES string of the molecule is CCC(CCN)N1CCCC(C(=O)NC)C1. The van der Waals surface area contributed by atoms with Gasteiger partial charge in [0, 0.05) is 19.6 Å². The van der Waals surface area contributed by atoms with E-state index in [2.05, 4.69) is 17.1 Å². The largest absolute Gasteiger partial charge is 0.359 e. The van der Waals surface area contributed by atoms with Crippen LogP contribution in [-0.2, 0) is 4.79 Å². The molecule has 0 saturated carbocycles. The Labute approximate surface area is 98.6 Å². The molecule has 0 aromatic carbocycles. The zero-order chi connectivity index (χ0) is 12.0. The number of amides is 1. The average Bonchev–Trinajstić information content (AvgIpc) is 2.35. The summed E-state index contributed by atoms with van der Waals surface area (Å²) in [6, 6.07) is 0.553. The highest BCUT2D eigenvalue weighted by atomic mass is 16.1. The molecule has 1 amide bonds. The molecular weight excluding hydrogens is 202 g/mol. The van der Waals surface area contributed by atoms with E-state index >= 15 is 0 Å². The molecule has 0 aromatic heterocycles. The van der Waals surface area contributed by atoms with Crippen LogP contribution < -0.4 is 11.1 Å². The average molecular weight is 227 g/mol. The standard InChI is InChI=1S/C12H25N3O/c1-3-11(6-7-13)15-8-4-5-10(9-15)12(16)14-2/h10-11H,3-9,13H2,1-2H3,(H,14,16). The van der Waals surface area contributed by atoms with E-state index in [0.29, 0.717) is 6.04 Å². The van der Waals surface area contributed by atoms with Gasteiger partial charge in [0.05, 0.1) is 5.92 Å². The van der Waals surface area contributed by atoms with E-state index in [4.69, 9.17) is 5.73 Å². The monoisotopic (exact) mass is 227 g/mol. The van der Waals surface area contributed by atoms with Crippen molar-refractivity contribution in [1.82, 2.24) is 10.2 Å². The molecular formula is C12H25N3O. The quantitative estimate of drug-likeness (QED) is 0.722. The van der Waals surface area contributed by atoms with Crippen LogP contribution in [0.3, 0.4) is 0 Å². The van der Waals surface area contributed by atoms with Gasteiger partial charge < -0.3 is 11.1 Å². The molecule has 2 unspecified atom stereocenters. The summed E-state index contributed by atoms with van der Waals surface area (Å²) in [5.41, 5.74) is 5.63. The van der Waals surface area contributed by atoms with Crippen LogP contribution in [0, 0.1) is 5.92 Å². The second-order valence-corrected chi connectivity index (χ2v) is 4.59. The first-order valence-corrected chi connectivity index (χ1v) is 6.38. The van der Waals surface area contributed by atoms with Crippen LogP contribution in [0.25, 0.3) is 0 Å². The Morgan fingerprint density at radius 1 is 1.62 bits per heavy atom. The van der Waals surface area contributed by atoms with Crippen molar-refractivity contribution in [1.29, 1.82) is 0 Å². The first kappa shape index (κ1) is 13.5. The van der Waals surface area contributed by atoms with Crippen molar-refractivity contribution in [3.8, 4) is 0 Å². The number of rotatable bonds is 5. The second-order valence-electron chi connectivity index (χ2n) is 4.59. The molecule has 1 aliphatic rings. The minimum absolute atomic E-state index is 0.172. The molecule has 1 saturated heterocycles. The van der Waals surface area contributed by atoms with Gasteiger partial charge in [-0.2, -0.15) is 0 Å². The topological polar surface area (TPSA) is 58.4 Å². The van der Waals surface area contributed by atoms with E-state index < -0.39 is 0 Å². The maximum atomic E-state index is 11.6. The number of likely N-dealkylation sites (tertiary alicyclic amines) is 1. The van der Waals surface area contributed by atoms with Crippen LogP contribution in [0.2, 0.25) is 0 Å². The third-order valence-corrected chi connectivity index (χ3v) is 3.56. The summed E-state index contributed by atoms with van der Waals surface area (Å²) in [6.45, 7) is 4.95. The summed E-state index contributed by atoms with van der Waals surface area (Å²) in [5.74, 6) is 0.359. The molecule has 2 atom stereocenters. The fourth-order valence-corrected chi connectivity index (χ4v) is 2.59. The van der Waals surface area contributed by atoms with Gasteiger partial charge in [0.1, 0.15) is 0 Å². The van der Waals surface area contributed by atoms with Crippen molar-refractivity contribution in [2.24, 2.45) is 11.7 Å². The molecule has 1 rings (SSSR count). The smallest absolute Gasteiger partial charge is 0.224 e. The number of piperidine rings is 1. The number of hydrogen-bond donors (Lipinski definition) is 2. The summed E-state index contributed by atoms with van der Waals surface area (Å²) in [7, 11) is 1.72. The highest BCUT2D eigenvalue weighted by Crippen LogP contribution is 2.21. The van der Waals surface area contributed by atoms with Crippen molar-refractivity contribution in [3.63, 3.8) is 0 Å². The second kappa shape index (κ2) is 6.86. The Kier molecular flexibility index (Phi) is 5.77. The lowest BCUT2D eigenvalue weighted by Crippen LogP contribution is -2.47. The molecule has 0 aromatic rings. The molecule has 16 heavy (non-hydrogen) atoms. The van der Waals surface area contributed by atoms with Gasteiger partial charge in [-0.25, -0.2) is 0 Å². The van der Waals surface area contributed by atoms with E-state index in [1.807, 2.05) is 0 Å². The normalized spacial score (nSPS) is 24.1. The van der Waals surface area contributed by atoms with Crippen LogP contribution in [0.4, 0.5) is 0 Å². The van der Waals surface area contributed by atoms with Gasteiger partial charge in [0.2, 0.25) is 5.91 Å². The molecule has 4 heteroatoms.